The Morgan fingerprint density at radius 2 is 1.91 bits per heavy atom. The second-order valence-electron chi connectivity index (χ2n) is 7.55. The number of benzene rings is 2. The maximum Gasteiger partial charge on any atom is 0.338 e. The third-order valence-electron chi connectivity index (χ3n) is 4.98. The zero-order valence-corrected chi connectivity index (χ0v) is 19.0. The number of esters is 1. The number of hydrogen-bond donors (Lipinski definition) is 1. The number of amides is 1. The van der Waals surface area contributed by atoms with E-state index in [1.165, 1.54) is 36.4 Å². The topological polar surface area (TPSA) is 135 Å². The summed E-state index contributed by atoms with van der Waals surface area (Å²) in [6, 6.07) is 17.1. The van der Waals surface area contributed by atoms with Gasteiger partial charge in [0.25, 0.3) is 11.6 Å². The Morgan fingerprint density at radius 3 is 2.60 bits per heavy atom. The van der Waals surface area contributed by atoms with Crippen LogP contribution in [0.5, 0.6) is 0 Å². The second kappa shape index (κ2) is 12.0. The van der Waals surface area contributed by atoms with Crippen LogP contribution in [0.25, 0.3) is 17.4 Å². The Morgan fingerprint density at radius 1 is 1.14 bits per heavy atom. The number of hydrogen-bond acceptors (Lipinski definition) is 7. The summed E-state index contributed by atoms with van der Waals surface area (Å²) >= 11 is 0. The molecule has 1 heterocycles. The van der Waals surface area contributed by atoms with Gasteiger partial charge >= 0.3 is 5.97 Å². The number of non-ortho nitro benzene ring substituents is 1. The zero-order chi connectivity index (χ0) is 25.2. The van der Waals surface area contributed by atoms with Crippen molar-refractivity contribution in [2.24, 2.45) is 0 Å². The Kier molecular flexibility index (Phi) is 8.51. The highest BCUT2D eigenvalue weighted by Crippen LogP contribution is 2.26. The molecule has 1 amide bonds. The van der Waals surface area contributed by atoms with Crippen LogP contribution in [0.15, 0.2) is 70.7 Å². The maximum atomic E-state index is 12.6. The number of nitrogens with zero attached hydrogens (tertiary/aromatic N) is 2. The molecule has 0 saturated heterocycles. The summed E-state index contributed by atoms with van der Waals surface area (Å²) in [5, 5.41) is 23.0. The fourth-order valence-corrected chi connectivity index (χ4v) is 3.14. The molecule has 1 aromatic heterocycles. The predicted molar refractivity (Wildman–Crippen MR) is 129 cm³/mol. The Labute approximate surface area is 201 Å². The molecular formula is C26H23N3O6. The van der Waals surface area contributed by atoms with E-state index in [-0.39, 0.29) is 17.0 Å². The van der Waals surface area contributed by atoms with E-state index in [4.69, 9.17) is 9.15 Å². The lowest BCUT2D eigenvalue weighted by Gasteiger charge is -2.07. The summed E-state index contributed by atoms with van der Waals surface area (Å²) in [5.41, 5.74) is 0.967. The highest BCUT2D eigenvalue weighted by Gasteiger charge is 2.14. The maximum absolute atomic E-state index is 12.6. The Bertz CT molecular complexity index is 1280. The van der Waals surface area contributed by atoms with Crippen LogP contribution in [-0.2, 0) is 9.53 Å². The molecule has 1 N–H and O–H groups in total. The van der Waals surface area contributed by atoms with Gasteiger partial charge < -0.3 is 14.5 Å². The molecule has 9 heteroatoms. The lowest BCUT2D eigenvalue weighted by atomic mass is 10.1. The molecule has 178 valence electrons. The largest absolute Gasteiger partial charge is 0.462 e. The van der Waals surface area contributed by atoms with Crippen molar-refractivity contribution in [2.45, 2.75) is 26.2 Å². The number of nitrogens with one attached hydrogen (secondary N) is 1. The zero-order valence-electron chi connectivity index (χ0n) is 19.0. The fourth-order valence-electron chi connectivity index (χ4n) is 3.14. The van der Waals surface area contributed by atoms with Gasteiger partial charge in [-0.3, -0.25) is 14.9 Å². The minimum absolute atomic E-state index is 0.0798. The summed E-state index contributed by atoms with van der Waals surface area (Å²) in [7, 11) is 0. The second-order valence-corrected chi connectivity index (χ2v) is 7.55. The van der Waals surface area contributed by atoms with Crippen LogP contribution >= 0.6 is 0 Å². The highest BCUT2D eigenvalue weighted by atomic mass is 16.6. The third-order valence-corrected chi connectivity index (χ3v) is 4.98. The van der Waals surface area contributed by atoms with E-state index in [0.717, 1.165) is 19.3 Å². The van der Waals surface area contributed by atoms with Crippen molar-refractivity contribution in [1.29, 1.82) is 5.26 Å². The van der Waals surface area contributed by atoms with E-state index in [2.05, 4.69) is 12.2 Å². The molecule has 0 fully saturated rings. The van der Waals surface area contributed by atoms with Crippen LogP contribution in [0, 0.1) is 21.4 Å². The molecule has 0 aliphatic heterocycles. The summed E-state index contributed by atoms with van der Waals surface area (Å²) in [5.74, 6) is -0.501. The van der Waals surface area contributed by atoms with Crippen molar-refractivity contribution in [3.8, 4) is 17.4 Å². The first-order valence-corrected chi connectivity index (χ1v) is 11.0. The van der Waals surface area contributed by atoms with Gasteiger partial charge in [0.05, 0.1) is 17.1 Å². The lowest BCUT2D eigenvalue weighted by molar-refractivity contribution is -0.384. The first-order valence-electron chi connectivity index (χ1n) is 11.0. The van der Waals surface area contributed by atoms with E-state index >= 15 is 0 Å². The Balaban J connectivity index is 1.66. The number of nitro groups is 1. The number of carbonyl (C=O) groups excluding carboxylic acids is 2. The number of unbranched alkanes of at least 4 members (excludes halogenated alkanes) is 2. The third kappa shape index (κ3) is 6.88. The first kappa shape index (κ1) is 24.9. The van der Waals surface area contributed by atoms with Crippen LogP contribution in [0.2, 0.25) is 0 Å². The van der Waals surface area contributed by atoms with Crippen molar-refractivity contribution in [2.75, 3.05) is 11.9 Å². The number of ether oxygens (including phenoxy) is 1. The summed E-state index contributed by atoms with van der Waals surface area (Å²) in [4.78, 5) is 35.1. The Hall–Kier alpha value is -4.71. The van der Waals surface area contributed by atoms with Crippen molar-refractivity contribution >= 4 is 29.3 Å². The number of nitro benzene ring substituents is 1. The van der Waals surface area contributed by atoms with Gasteiger partial charge in [-0.2, -0.15) is 5.26 Å². The van der Waals surface area contributed by atoms with Gasteiger partial charge in [-0.05, 0) is 42.8 Å². The normalized spacial score (nSPS) is 10.9. The number of anilines is 1. The highest BCUT2D eigenvalue weighted by molar-refractivity contribution is 6.09. The van der Waals surface area contributed by atoms with E-state index in [1.54, 1.807) is 30.3 Å². The fraction of sp³-hybridized carbons (Fsp3) is 0.192. The monoisotopic (exact) mass is 473 g/mol. The molecule has 2 aromatic carbocycles. The minimum atomic E-state index is -0.657. The number of nitriles is 1. The first-order chi connectivity index (χ1) is 16.9. The predicted octanol–water partition coefficient (Wildman–Crippen LogP) is 5.75. The lowest BCUT2D eigenvalue weighted by Crippen LogP contribution is -2.13. The van der Waals surface area contributed by atoms with Crippen molar-refractivity contribution in [3.63, 3.8) is 0 Å². The molecule has 0 unspecified atom stereocenters. The van der Waals surface area contributed by atoms with Crippen molar-refractivity contribution < 1.29 is 23.7 Å². The molecule has 3 rings (SSSR count). The van der Waals surface area contributed by atoms with Crippen molar-refractivity contribution in [1.82, 2.24) is 0 Å². The van der Waals surface area contributed by atoms with Crippen LogP contribution in [-0.4, -0.2) is 23.4 Å². The molecule has 3 aromatic rings. The van der Waals surface area contributed by atoms with Crippen LogP contribution in [0.1, 0.15) is 42.3 Å². The standard InChI is InChI=1S/C26H23N3O6/c1-2-3-4-14-34-26(31)18-8-10-21(11-9-18)28-25(30)20(17-27)16-23-12-13-24(35-23)19-6-5-7-22(15-19)29(32)33/h5-13,15-16H,2-4,14H2,1H3,(H,28,30)/b20-16+. The summed E-state index contributed by atoms with van der Waals surface area (Å²) in [6.45, 7) is 2.42. The number of furan rings is 1. The number of carbonyl (C=O) groups is 2. The molecule has 9 nitrogen and oxygen atoms in total. The van der Waals surface area contributed by atoms with E-state index < -0.39 is 16.8 Å². The van der Waals surface area contributed by atoms with E-state index in [9.17, 15) is 25.0 Å². The quantitative estimate of drug-likeness (QED) is 0.0989. The summed E-state index contributed by atoms with van der Waals surface area (Å²) in [6.07, 6.45) is 4.10. The van der Waals surface area contributed by atoms with Gasteiger partial charge in [0.1, 0.15) is 23.2 Å². The molecular weight excluding hydrogens is 450 g/mol. The molecule has 0 aliphatic rings. The van der Waals surface area contributed by atoms with E-state index in [1.807, 2.05) is 6.07 Å². The molecule has 35 heavy (non-hydrogen) atoms. The van der Waals surface area contributed by atoms with Crippen LogP contribution < -0.4 is 5.32 Å². The molecule has 0 radical (unpaired) electrons. The van der Waals surface area contributed by atoms with Gasteiger partial charge in [-0.15, -0.1) is 0 Å². The minimum Gasteiger partial charge on any atom is -0.462 e. The average molecular weight is 473 g/mol. The van der Waals surface area contributed by atoms with Crippen LogP contribution in [0.4, 0.5) is 11.4 Å². The smallest absolute Gasteiger partial charge is 0.338 e. The molecule has 0 saturated carbocycles. The van der Waals surface area contributed by atoms with E-state index in [0.29, 0.717) is 29.2 Å². The SMILES string of the molecule is CCCCCOC(=O)c1ccc(NC(=O)/C(C#N)=C/c2ccc(-c3cccc([N+](=O)[O-])c3)o2)cc1. The molecule has 0 spiro atoms. The van der Waals surface area contributed by atoms with Gasteiger partial charge in [0, 0.05) is 29.5 Å². The van der Waals surface area contributed by atoms with Gasteiger partial charge in [-0.1, -0.05) is 31.9 Å². The van der Waals surface area contributed by atoms with Crippen LogP contribution in [0.3, 0.4) is 0 Å². The molecule has 0 aliphatic carbocycles. The van der Waals surface area contributed by atoms with Gasteiger partial charge in [-0.25, -0.2) is 4.79 Å². The number of rotatable bonds is 10. The average Bonchev–Trinajstić information content (AvgIpc) is 3.34. The molecule has 0 atom stereocenters. The van der Waals surface area contributed by atoms with Crippen molar-refractivity contribution in [3.05, 3.63) is 87.7 Å². The molecule has 0 bridgehead atoms. The summed E-state index contributed by atoms with van der Waals surface area (Å²) < 4.78 is 10.8. The van der Waals surface area contributed by atoms with Gasteiger partial charge in [0.15, 0.2) is 0 Å². The van der Waals surface area contributed by atoms with Gasteiger partial charge in [0.2, 0.25) is 0 Å².